The Morgan fingerprint density at radius 3 is 2.20 bits per heavy atom. The maximum absolute atomic E-state index is 11.9. The second-order valence-electron chi connectivity index (χ2n) is 4.09. The molecule has 0 bridgehead atoms. The highest BCUT2D eigenvalue weighted by molar-refractivity contribution is 9.09. The molecule has 1 rings (SSSR count). The minimum Gasteiger partial charge on any atom is -0.374 e. The number of ether oxygens (including phenoxy) is 1. The minimum absolute atomic E-state index is 0.213. The van der Waals surface area contributed by atoms with E-state index in [2.05, 4.69) is 15.9 Å². The summed E-state index contributed by atoms with van der Waals surface area (Å²) in [6.45, 7) is -0.213. The summed E-state index contributed by atoms with van der Waals surface area (Å²) in [5, 5.41) is 0.637. The van der Waals surface area contributed by atoms with Gasteiger partial charge in [0.1, 0.15) is 0 Å². The van der Waals surface area contributed by atoms with Crippen LogP contribution in [-0.2, 0) is 4.74 Å². The van der Waals surface area contributed by atoms with Crippen molar-refractivity contribution < 1.29 is 17.9 Å². The Morgan fingerprint density at radius 1 is 1.13 bits per heavy atom. The molecule has 15 heavy (non-hydrogen) atoms. The summed E-state index contributed by atoms with van der Waals surface area (Å²) in [7, 11) is 0. The van der Waals surface area contributed by atoms with Crippen molar-refractivity contribution in [1.29, 1.82) is 0 Å². The lowest BCUT2D eigenvalue weighted by Gasteiger charge is -2.35. The largest absolute Gasteiger partial charge is 0.391 e. The van der Waals surface area contributed by atoms with Crippen LogP contribution in [0.5, 0.6) is 0 Å². The first-order chi connectivity index (χ1) is 6.97. The Balaban J connectivity index is 2.33. The second kappa shape index (κ2) is 5.53. The average molecular weight is 289 g/mol. The van der Waals surface area contributed by atoms with Gasteiger partial charge >= 0.3 is 6.18 Å². The molecule has 0 aromatic heterocycles. The zero-order valence-electron chi connectivity index (χ0n) is 8.58. The number of alkyl halides is 4. The van der Waals surface area contributed by atoms with Gasteiger partial charge in [-0.2, -0.15) is 13.2 Å². The number of rotatable bonds is 4. The lowest BCUT2D eigenvalue weighted by molar-refractivity contribution is -0.159. The molecule has 0 N–H and O–H groups in total. The molecule has 0 radical (unpaired) electrons. The topological polar surface area (TPSA) is 9.23 Å². The monoisotopic (exact) mass is 288 g/mol. The lowest BCUT2D eigenvalue weighted by atomic mass is 9.86. The van der Waals surface area contributed by atoms with E-state index in [4.69, 9.17) is 4.74 Å². The van der Waals surface area contributed by atoms with Gasteiger partial charge in [-0.05, 0) is 12.8 Å². The molecule has 90 valence electrons. The average Bonchev–Trinajstić information content (AvgIpc) is 2.17. The van der Waals surface area contributed by atoms with E-state index in [-0.39, 0.29) is 12.2 Å². The molecule has 1 aliphatic rings. The Kier molecular flexibility index (Phi) is 4.90. The summed E-state index contributed by atoms with van der Waals surface area (Å²) < 4.78 is 41.3. The van der Waals surface area contributed by atoms with E-state index in [0.717, 1.165) is 32.1 Å². The summed E-state index contributed by atoms with van der Waals surface area (Å²) in [5.41, 5.74) is -0.344. The smallest absolute Gasteiger partial charge is 0.374 e. The van der Waals surface area contributed by atoms with Crippen LogP contribution in [-0.4, -0.2) is 23.7 Å². The third kappa shape index (κ3) is 4.72. The first-order valence-electron chi connectivity index (χ1n) is 5.24. The van der Waals surface area contributed by atoms with E-state index in [1.54, 1.807) is 0 Å². The van der Waals surface area contributed by atoms with Crippen LogP contribution in [0.15, 0.2) is 0 Å². The van der Waals surface area contributed by atoms with Crippen molar-refractivity contribution in [3.8, 4) is 0 Å². The predicted molar refractivity (Wildman–Crippen MR) is 56.2 cm³/mol. The Hall–Kier alpha value is 0.230. The van der Waals surface area contributed by atoms with Crippen LogP contribution >= 0.6 is 15.9 Å². The van der Waals surface area contributed by atoms with Gasteiger partial charge in [-0.1, -0.05) is 35.2 Å². The fourth-order valence-electron chi connectivity index (χ4n) is 1.90. The molecule has 1 aliphatic carbocycles. The van der Waals surface area contributed by atoms with E-state index >= 15 is 0 Å². The van der Waals surface area contributed by atoms with Crippen molar-refractivity contribution in [3.05, 3.63) is 0 Å². The molecule has 0 aromatic carbocycles. The molecule has 1 fully saturated rings. The summed E-state index contributed by atoms with van der Waals surface area (Å²) in [6, 6.07) is 0. The van der Waals surface area contributed by atoms with Crippen molar-refractivity contribution in [2.45, 2.75) is 50.3 Å². The van der Waals surface area contributed by atoms with E-state index in [0.29, 0.717) is 5.33 Å². The van der Waals surface area contributed by atoms with Crippen LogP contribution < -0.4 is 0 Å². The highest BCUT2D eigenvalue weighted by Gasteiger charge is 2.34. The summed E-state index contributed by atoms with van der Waals surface area (Å²) in [5.74, 6) is 0. The highest BCUT2D eigenvalue weighted by atomic mass is 79.9. The van der Waals surface area contributed by atoms with Gasteiger partial charge < -0.3 is 4.74 Å². The third-order valence-corrected chi connectivity index (χ3v) is 3.82. The number of hydrogen-bond donors (Lipinski definition) is 0. The van der Waals surface area contributed by atoms with Crippen molar-refractivity contribution >= 4 is 15.9 Å². The lowest BCUT2D eigenvalue weighted by Crippen LogP contribution is -2.37. The molecule has 0 aromatic rings. The summed E-state index contributed by atoms with van der Waals surface area (Å²) in [4.78, 5) is 0. The van der Waals surface area contributed by atoms with Gasteiger partial charge in [-0.25, -0.2) is 0 Å². The van der Waals surface area contributed by atoms with Gasteiger partial charge in [0.2, 0.25) is 0 Å². The van der Waals surface area contributed by atoms with Crippen LogP contribution in [0, 0.1) is 0 Å². The third-order valence-electron chi connectivity index (χ3n) is 2.80. The van der Waals surface area contributed by atoms with Crippen molar-refractivity contribution in [2.24, 2.45) is 0 Å². The molecule has 0 unspecified atom stereocenters. The fourth-order valence-corrected chi connectivity index (χ4v) is 2.62. The van der Waals surface area contributed by atoms with Crippen molar-refractivity contribution in [1.82, 2.24) is 0 Å². The van der Waals surface area contributed by atoms with Crippen LogP contribution in [0.25, 0.3) is 0 Å². The maximum Gasteiger partial charge on any atom is 0.391 e. The van der Waals surface area contributed by atoms with Gasteiger partial charge in [-0.3, -0.25) is 0 Å². The minimum atomic E-state index is -4.11. The SMILES string of the molecule is FC(F)(F)CCOC1(CBr)CCCCC1. The molecule has 0 aliphatic heterocycles. The Labute approximate surface area is 96.5 Å². The molecular formula is C10H16BrF3O. The molecule has 0 saturated heterocycles. The molecule has 0 heterocycles. The van der Waals surface area contributed by atoms with Gasteiger partial charge in [-0.15, -0.1) is 0 Å². The van der Waals surface area contributed by atoms with Gasteiger partial charge in [0, 0.05) is 5.33 Å². The van der Waals surface area contributed by atoms with Crippen molar-refractivity contribution in [2.75, 3.05) is 11.9 Å². The molecule has 0 spiro atoms. The first-order valence-corrected chi connectivity index (χ1v) is 6.36. The van der Waals surface area contributed by atoms with E-state index in [1.807, 2.05) is 0 Å². The van der Waals surface area contributed by atoms with E-state index in [1.165, 1.54) is 0 Å². The number of halogens is 4. The molecule has 0 atom stereocenters. The van der Waals surface area contributed by atoms with Crippen LogP contribution in [0.1, 0.15) is 38.5 Å². The first kappa shape index (κ1) is 13.3. The molecular weight excluding hydrogens is 273 g/mol. The van der Waals surface area contributed by atoms with Crippen LogP contribution in [0.3, 0.4) is 0 Å². The fraction of sp³-hybridized carbons (Fsp3) is 1.00. The van der Waals surface area contributed by atoms with Crippen LogP contribution in [0.4, 0.5) is 13.2 Å². The summed E-state index contributed by atoms with van der Waals surface area (Å²) >= 11 is 3.34. The van der Waals surface area contributed by atoms with Crippen molar-refractivity contribution in [3.63, 3.8) is 0 Å². The molecule has 1 nitrogen and oxygen atoms in total. The van der Waals surface area contributed by atoms with E-state index < -0.39 is 12.6 Å². The normalized spacial score (nSPS) is 21.6. The van der Waals surface area contributed by atoms with E-state index in [9.17, 15) is 13.2 Å². The number of hydrogen-bond acceptors (Lipinski definition) is 1. The second-order valence-corrected chi connectivity index (χ2v) is 4.65. The van der Waals surface area contributed by atoms with Gasteiger partial charge in [0.05, 0.1) is 18.6 Å². The quantitative estimate of drug-likeness (QED) is 0.709. The Morgan fingerprint density at radius 2 is 1.73 bits per heavy atom. The summed E-state index contributed by atoms with van der Waals surface area (Å²) in [6.07, 6.45) is 0.0583. The zero-order chi connectivity index (χ0) is 11.4. The Bertz CT molecular complexity index is 188. The molecule has 0 amide bonds. The van der Waals surface area contributed by atoms with Crippen LogP contribution in [0.2, 0.25) is 0 Å². The molecule has 1 saturated carbocycles. The molecule has 5 heteroatoms. The van der Waals surface area contributed by atoms with Gasteiger partial charge in [0.25, 0.3) is 0 Å². The highest BCUT2D eigenvalue weighted by Crippen LogP contribution is 2.34. The maximum atomic E-state index is 11.9. The predicted octanol–water partition coefficient (Wildman–Crippen LogP) is 4.05. The zero-order valence-corrected chi connectivity index (χ0v) is 10.2. The van der Waals surface area contributed by atoms with Gasteiger partial charge in [0.15, 0.2) is 0 Å². The standard InChI is InChI=1S/C10H16BrF3O/c11-8-9(4-2-1-3-5-9)15-7-6-10(12,13)14/h1-8H2.